The van der Waals surface area contributed by atoms with E-state index in [1.54, 1.807) is 50.6 Å². The smallest absolute Gasteiger partial charge is 0.417 e. The number of likely N-dealkylation sites (tertiary alicyclic amines) is 1. The molecule has 34 heavy (non-hydrogen) atoms. The molecule has 0 aromatic heterocycles. The zero-order valence-corrected chi connectivity index (χ0v) is 19.1. The molecule has 0 unspecified atom stereocenters. The predicted octanol–water partition coefficient (Wildman–Crippen LogP) is 4.20. The Morgan fingerprint density at radius 3 is 2.53 bits per heavy atom. The van der Waals surface area contributed by atoms with E-state index in [1.807, 2.05) is 9.80 Å². The molecule has 9 heteroatoms. The SMILES string of the molecule is COC[C@@]12CCN(c3ccc(C#N)c(C(F)(F)F)c3)C[C@@H]1CN(C(=O)c1ccc(OC)cc1)C2. The molecule has 0 aliphatic carbocycles. The van der Waals surface area contributed by atoms with E-state index in [9.17, 15) is 18.0 Å². The van der Waals surface area contributed by atoms with Crippen molar-refractivity contribution in [3.8, 4) is 11.8 Å². The van der Waals surface area contributed by atoms with Gasteiger partial charge in [0.25, 0.3) is 5.91 Å². The highest BCUT2D eigenvalue weighted by molar-refractivity contribution is 5.94. The van der Waals surface area contributed by atoms with Gasteiger partial charge in [-0.05, 0) is 48.9 Å². The Morgan fingerprint density at radius 2 is 1.91 bits per heavy atom. The summed E-state index contributed by atoms with van der Waals surface area (Å²) in [6.07, 6.45) is -3.93. The second kappa shape index (κ2) is 9.18. The molecule has 2 heterocycles. The lowest BCUT2D eigenvalue weighted by molar-refractivity contribution is -0.137. The number of carbonyl (C=O) groups excluding carboxylic acids is 1. The summed E-state index contributed by atoms with van der Waals surface area (Å²) in [5, 5.41) is 9.08. The number of benzene rings is 2. The van der Waals surface area contributed by atoms with Gasteiger partial charge in [-0.1, -0.05) is 0 Å². The molecule has 2 aromatic rings. The Labute approximate surface area is 196 Å². The fraction of sp³-hybridized carbons (Fsp3) is 0.440. The van der Waals surface area contributed by atoms with Crippen LogP contribution in [0.1, 0.15) is 27.9 Å². The number of carbonyl (C=O) groups is 1. The third-order valence-corrected chi connectivity index (χ3v) is 6.98. The second-order valence-electron chi connectivity index (χ2n) is 8.94. The lowest BCUT2D eigenvalue weighted by atomic mass is 9.73. The predicted molar refractivity (Wildman–Crippen MR) is 120 cm³/mol. The Balaban J connectivity index is 1.56. The van der Waals surface area contributed by atoms with Crippen molar-refractivity contribution < 1.29 is 27.4 Å². The van der Waals surface area contributed by atoms with E-state index in [2.05, 4.69) is 0 Å². The number of halogens is 3. The molecular formula is C25H26F3N3O3. The van der Waals surface area contributed by atoms with Crippen molar-refractivity contribution in [3.63, 3.8) is 0 Å². The number of piperidine rings is 1. The van der Waals surface area contributed by atoms with Gasteiger partial charge in [-0.3, -0.25) is 4.79 Å². The van der Waals surface area contributed by atoms with Crippen LogP contribution in [0.25, 0.3) is 0 Å². The maximum absolute atomic E-state index is 13.5. The molecule has 0 N–H and O–H groups in total. The van der Waals surface area contributed by atoms with Crippen LogP contribution < -0.4 is 9.64 Å². The van der Waals surface area contributed by atoms with Gasteiger partial charge in [0, 0.05) is 55.9 Å². The molecule has 6 nitrogen and oxygen atoms in total. The Bertz CT molecular complexity index is 1100. The second-order valence-corrected chi connectivity index (χ2v) is 8.94. The summed E-state index contributed by atoms with van der Waals surface area (Å²) in [5.41, 5.74) is -0.585. The first-order valence-electron chi connectivity index (χ1n) is 11.0. The number of hydrogen-bond acceptors (Lipinski definition) is 5. The first-order valence-corrected chi connectivity index (χ1v) is 11.0. The molecule has 1 amide bonds. The number of alkyl halides is 3. The number of rotatable bonds is 5. The highest BCUT2D eigenvalue weighted by atomic mass is 19.4. The first kappa shape index (κ1) is 23.9. The summed E-state index contributed by atoms with van der Waals surface area (Å²) in [6.45, 7) is 2.53. The fourth-order valence-electron chi connectivity index (χ4n) is 5.17. The summed E-state index contributed by atoms with van der Waals surface area (Å²) < 4.78 is 51.1. The van der Waals surface area contributed by atoms with Crippen LogP contribution in [0, 0.1) is 22.7 Å². The highest BCUT2D eigenvalue weighted by Crippen LogP contribution is 2.45. The van der Waals surface area contributed by atoms with Gasteiger partial charge in [-0.25, -0.2) is 0 Å². The van der Waals surface area contributed by atoms with Crippen molar-refractivity contribution in [2.75, 3.05) is 51.9 Å². The van der Waals surface area contributed by atoms with Gasteiger partial charge < -0.3 is 19.3 Å². The number of nitrogens with zero attached hydrogens (tertiary/aromatic N) is 3. The summed E-state index contributed by atoms with van der Waals surface area (Å²) >= 11 is 0. The minimum Gasteiger partial charge on any atom is -0.497 e. The van der Waals surface area contributed by atoms with Crippen LogP contribution in [0.15, 0.2) is 42.5 Å². The van der Waals surface area contributed by atoms with Crippen LogP contribution in [0.4, 0.5) is 18.9 Å². The number of anilines is 1. The highest BCUT2D eigenvalue weighted by Gasteiger charge is 2.51. The van der Waals surface area contributed by atoms with Gasteiger partial charge in [0.15, 0.2) is 0 Å². The Kier molecular flexibility index (Phi) is 6.45. The van der Waals surface area contributed by atoms with Crippen molar-refractivity contribution in [2.24, 2.45) is 11.3 Å². The van der Waals surface area contributed by atoms with E-state index in [-0.39, 0.29) is 22.8 Å². The van der Waals surface area contributed by atoms with E-state index in [1.165, 1.54) is 6.07 Å². The molecule has 2 aliphatic heterocycles. The molecule has 2 fully saturated rings. The summed E-state index contributed by atoms with van der Waals surface area (Å²) in [4.78, 5) is 16.9. The van der Waals surface area contributed by atoms with Crippen LogP contribution in [0.3, 0.4) is 0 Å². The number of methoxy groups -OCH3 is 2. The standard InChI is InChI=1S/C25H26F3N3O3/c1-33-16-24-9-10-30(20-6-3-18(12-29)22(11-20)25(26,27)28)13-19(24)14-31(15-24)23(32)17-4-7-21(34-2)8-5-17/h3-8,11,19H,9-10,13-16H2,1-2H3/t19-,24+/m1/s1. The summed E-state index contributed by atoms with van der Waals surface area (Å²) in [6, 6.07) is 12.4. The van der Waals surface area contributed by atoms with E-state index >= 15 is 0 Å². The van der Waals surface area contributed by atoms with Gasteiger partial charge >= 0.3 is 6.18 Å². The van der Waals surface area contributed by atoms with Crippen LogP contribution in [0.5, 0.6) is 5.75 Å². The maximum atomic E-state index is 13.5. The molecule has 0 bridgehead atoms. The lowest BCUT2D eigenvalue weighted by Crippen LogP contribution is -2.49. The third kappa shape index (κ3) is 4.42. The zero-order chi connectivity index (χ0) is 24.5. The molecule has 0 saturated carbocycles. The number of ether oxygens (including phenoxy) is 2. The molecular weight excluding hydrogens is 447 g/mol. The zero-order valence-electron chi connectivity index (χ0n) is 19.1. The number of amides is 1. The van der Waals surface area contributed by atoms with Crippen LogP contribution >= 0.6 is 0 Å². The molecule has 0 radical (unpaired) electrons. The maximum Gasteiger partial charge on any atom is 0.417 e. The third-order valence-electron chi connectivity index (χ3n) is 6.98. The van der Waals surface area contributed by atoms with E-state index in [0.717, 1.165) is 6.07 Å². The van der Waals surface area contributed by atoms with Crippen LogP contribution in [-0.4, -0.2) is 57.8 Å². The topological polar surface area (TPSA) is 65.8 Å². The number of fused-ring (bicyclic) bond motifs is 1. The molecule has 2 saturated heterocycles. The number of hydrogen-bond donors (Lipinski definition) is 0. The molecule has 4 rings (SSSR count). The number of nitriles is 1. The first-order chi connectivity index (χ1) is 16.2. The van der Waals surface area contributed by atoms with Gasteiger partial charge in [-0.15, -0.1) is 0 Å². The van der Waals surface area contributed by atoms with Gasteiger partial charge in [-0.2, -0.15) is 18.4 Å². The summed E-state index contributed by atoms with van der Waals surface area (Å²) in [5.74, 6) is 0.615. The van der Waals surface area contributed by atoms with E-state index < -0.39 is 11.7 Å². The quantitative estimate of drug-likeness (QED) is 0.651. The Hall–Kier alpha value is -3.25. The minimum atomic E-state index is -4.61. The van der Waals surface area contributed by atoms with Crippen LogP contribution in [0.2, 0.25) is 0 Å². The van der Waals surface area contributed by atoms with Crippen molar-refractivity contribution in [1.82, 2.24) is 4.90 Å². The van der Waals surface area contributed by atoms with Crippen molar-refractivity contribution in [1.29, 1.82) is 5.26 Å². The molecule has 2 aliphatic rings. The van der Waals surface area contributed by atoms with Crippen molar-refractivity contribution in [2.45, 2.75) is 12.6 Å². The van der Waals surface area contributed by atoms with E-state index in [4.69, 9.17) is 14.7 Å². The molecule has 180 valence electrons. The van der Waals surface area contributed by atoms with Crippen molar-refractivity contribution in [3.05, 3.63) is 59.2 Å². The molecule has 2 atom stereocenters. The van der Waals surface area contributed by atoms with Crippen molar-refractivity contribution >= 4 is 11.6 Å². The lowest BCUT2D eigenvalue weighted by Gasteiger charge is -2.44. The minimum absolute atomic E-state index is 0.0355. The van der Waals surface area contributed by atoms with E-state index in [0.29, 0.717) is 56.2 Å². The summed E-state index contributed by atoms with van der Waals surface area (Å²) in [7, 11) is 3.19. The monoisotopic (exact) mass is 473 g/mol. The molecule has 0 spiro atoms. The van der Waals surface area contributed by atoms with Gasteiger partial charge in [0.1, 0.15) is 5.75 Å². The average Bonchev–Trinajstić information content (AvgIpc) is 3.21. The van der Waals surface area contributed by atoms with Gasteiger partial charge in [0.05, 0.1) is 30.9 Å². The normalized spacial score (nSPS) is 22.3. The Morgan fingerprint density at radius 1 is 1.18 bits per heavy atom. The largest absolute Gasteiger partial charge is 0.497 e. The molecule has 2 aromatic carbocycles. The fourth-order valence-corrected chi connectivity index (χ4v) is 5.17. The average molecular weight is 473 g/mol. The van der Waals surface area contributed by atoms with Gasteiger partial charge in [0.2, 0.25) is 0 Å². The van der Waals surface area contributed by atoms with Crippen LogP contribution in [-0.2, 0) is 10.9 Å².